The number of halogens is 1. The van der Waals surface area contributed by atoms with Crippen molar-refractivity contribution in [3.05, 3.63) is 0 Å². The van der Waals surface area contributed by atoms with E-state index in [-0.39, 0.29) is 5.91 Å². The maximum absolute atomic E-state index is 11.7. The molecule has 1 amide bonds. The van der Waals surface area contributed by atoms with Crippen LogP contribution < -0.4 is 5.32 Å². The average Bonchev–Trinajstić information content (AvgIpc) is 2.27. The molecule has 1 aliphatic rings. The molecule has 0 bridgehead atoms. The SMILES string of the molecule is CC(C)(CCl)C(=O)NCC1CCCCS1. The van der Waals surface area contributed by atoms with Crippen molar-refractivity contribution >= 4 is 29.3 Å². The molecule has 4 heteroatoms. The maximum Gasteiger partial charge on any atom is 0.226 e. The Morgan fingerprint density at radius 2 is 2.27 bits per heavy atom. The van der Waals surface area contributed by atoms with E-state index in [1.165, 1.54) is 25.0 Å². The standard InChI is InChI=1S/C11H20ClNOS/c1-11(2,8-12)10(14)13-7-9-5-3-4-6-15-9/h9H,3-8H2,1-2H3,(H,13,14). The first-order valence-electron chi connectivity index (χ1n) is 5.52. The number of amides is 1. The van der Waals surface area contributed by atoms with E-state index in [0.717, 1.165) is 6.54 Å². The van der Waals surface area contributed by atoms with Gasteiger partial charge in [-0.2, -0.15) is 11.8 Å². The van der Waals surface area contributed by atoms with Crippen molar-refractivity contribution in [3.8, 4) is 0 Å². The van der Waals surface area contributed by atoms with Crippen LogP contribution in [-0.4, -0.2) is 29.3 Å². The summed E-state index contributed by atoms with van der Waals surface area (Å²) in [6, 6.07) is 0. The molecule has 0 aliphatic carbocycles. The van der Waals surface area contributed by atoms with Gasteiger partial charge < -0.3 is 5.32 Å². The van der Waals surface area contributed by atoms with Crippen molar-refractivity contribution in [2.45, 2.75) is 38.4 Å². The summed E-state index contributed by atoms with van der Waals surface area (Å²) in [6.07, 6.45) is 3.85. The summed E-state index contributed by atoms with van der Waals surface area (Å²) in [7, 11) is 0. The topological polar surface area (TPSA) is 29.1 Å². The molecule has 88 valence electrons. The number of carbonyl (C=O) groups is 1. The van der Waals surface area contributed by atoms with E-state index < -0.39 is 5.41 Å². The van der Waals surface area contributed by atoms with Gasteiger partial charge in [0.05, 0.1) is 5.41 Å². The third kappa shape index (κ3) is 4.23. The van der Waals surface area contributed by atoms with Crippen LogP contribution in [0.5, 0.6) is 0 Å². The summed E-state index contributed by atoms with van der Waals surface area (Å²) in [6.45, 7) is 4.55. The molecule has 0 aromatic carbocycles. The van der Waals surface area contributed by atoms with Crippen LogP contribution in [0.4, 0.5) is 0 Å². The Morgan fingerprint density at radius 1 is 1.53 bits per heavy atom. The van der Waals surface area contributed by atoms with E-state index in [1.54, 1.807) is 0 Å². The number of alkyl halides is 1. The Bertz CT molecular complexity index is 215. The molecule has 0 spiro atoms. The van der Waals surface area contributed by atoms with Gasteiger partial charge >= 0.3 is 0 Å². The number of rotatable bonds is 4. The van der Waals surface area contributed by atoms with Crippen molar-refractivity contribution in [1.82, 2.24) is 5.32 Å². The third-order valence-corrected chi connectivity index (χ3v) is 4.78. The van der Waals surface area contributed by atoms with E-state index in [1.807, 2.05) is 25.6 Å². The van der Waals surface area contributed by atoms with Crippen molar-refractivity contribution in [1.29, 1.82) is 0 Å². The van der Waals surface area contributed by atoms with Crippen LogP contribution in [0.1, 0.15) is 33.1 Å². The van der Waals surface area contributed by atoms with Crippen LogP contribution in [0, 0.1) is 5.41 Å². The molecule has 0 aromatic heterocycles. The first-order chi connectivity index (χ1) is 7.06. The predicted octanol–water partition coefficient (Wildman–Crippen LogP) is 2.65. The molecule has 0 radical (unpaired) electrons. The number of nitrogens with one attached hydrogen (secondary N) is 1. The number of hydrogen-bond acceptors (Lipinski definition) is 2. The van der Waals surface area contributed by atoms with Crippen LogP contribution in [0.15, 0.2) is 0 Å². The molecule has 1 unspecified atom stereocenters. The fraction of sp³-hybridized carbons (Fsp3) is 0.909. The molecule has 0 aromatic rings. The summed E-state index contributed by atoms with van der Waals surface area (Å²) < 4.78 is 0. The second-order valence-electron chi connectivity index (χ2n) is 4.72. The van der Waals surface area contributed by atoms with Gasteiger partial charge in [-0.05, 0) is 32.4 Å². The van der Waals surface area contributed by atoms with Crippen LogP contribution in [-0.2, 0) is 4.79 Å². The largest absolute Gasteiger partial charge is 0.354 e. The zero-order valence-electron chi connectivity index (χ0n) is 9.51. The minimum atomic E-state index is -0.444. The molecule has 1 heterocycles. The van der Waals surface area contributed by atoms with E-state index in [2.05, 4.69) is 5.32 Å². The highest BCUT2D eigenvalue weighted by Crippen LogP contribution is 2.24. The van der Waals surface area contributed by atoms with E-state index >= 15 is 0 Å². The summed E-state index contributed by atoms with van der Waals surface area (Å²) in [5.74, 6) is 1.68. The lowest BCUT2D eigenvalue weighted by atomic mass is 9.95. The van der Waals surface area contributed by atoms with Gasteiger partial charge in [-0.15, -0.1) is 11.6 Å². The van der Waals surface area contributed by atoms with Crippen molar-refractivity contribution in [2.24, 2.45) is 5.41 Å². The molecule has 1 aliphatic heterocycles. The van der Waals surface area contributed by atoms with E-state index in [9.17, 15) is 4.79 Å². The van der Waals surface area contributed by atoms with Gasteiger partial charge in [0.25, 0.3) is 0 Å². The first-order valence-corrected chi connectivity index (χ1v) is 7.10. The first kappa shape index (κ1) is 13.2. The third-order valence-electron chi connectivity index (χ3n) is 2.71. The molecule has 1 N–H and O–H groups in total. The highest BCUT2D eigenvalue weighted by Gasteiger charge is 2.27. The highest BCUT2D eigenvalue weighted by molar-refractivity contribution is 7.99. The normalized spacial score (nSPS) is 22.5. The summed E-state index contributed by atoms with van der Waals surface area (Å²) in [4.78, 5) is 11.7. The Morgan fingerprint density at radius 3 is 2.80 bits per heavy atom. The van der Waals surface area contributed by atoms with Gasteiger partial charge in [-0.25, -0.2) is 0 Å². The molecule has 1 atom stereocenters. The average molecular weight is 250 g/mol. The maximum atomic E-state index is 11.7. The van der Waals surface area contributed by atoms with Crippen molar-refractivity contribution in [3.63, 3.8) is 0 Å². The Labute approximate surface area is 102 Å². The number of carbonyl (C=O) groups excluding carboxylic acids is 1. The Balaban J connectivity index is 2.26. The van der Waals surface area contributed by atoms with Crippen molar-refractivity contribution in [2.75, 3.05) is 18.2 Å². The van der Waals surface area contributed by atoms with Crippen molar-refractivity contribution < 1.29 is 4.79 Å². The molecule has 1 rings (SSSR count). The summed E-state index contributed by atoms with van der Waals surface area (Å²) >= 11 is 7.72. The fourth-order valence-corrected chi connectivity index (χ4v) is 2.83. The van der Waals surface area contributed by atoms with Gasteiger partial charge in [-0.3, -0.25) is 4.79 Å². The molecular weight excluding hydrogens is 230 g/mol. The van der Waals surface area contributed by atoms with Gasteiger partial charge in [0.2, 0.25) is 5.91 Å². The quantitative estimate of drug-likeness (QED) is 0.777. The van der Waals surface area contributed by atoms with Crippen LogP contribution in [0.25, 0.3) is 0 Å². The smallest absolute Gasteiger partial charge is 0.226 e. The molecule has 1 fully saturated rings. The molecule has 2 nitrogen and oxygen atoms in total. The highest BCUT2D eigenvalue weighted by atomic mass is 35.5. The van der Waals surface area contributed by atoms with Gasteiger partial charge in [0.15, 0.2) is 0 Å². The van der Waals surface area contributed by atoms with E-state index in [0.29, 0.717) is 11.1 Å². The lowest BCUT2D eigenvalue weighted by Crippen LogP contribution is -2.41. The second-order valence-corrected chi connectivity index (χ2v) is 6.39. The lowest BCUT2D eigenvalue weighted by molar-refractivity contribution is -0.128. The number of thioether (sulfide) groups is 1. The molecular formula is C11H20ClNOS. The molecule has 15 heavy (non-hydrogen) atoms. The minimum Gasteiger partial charge on any atom is -0.354 e. The van der Waals surface area contributed by atoms with Crippen LogP contribution in [0.3, 0.4) is 0 Å². The van der Waals surface area contributed by atoms with Crippen LogP contribution in [0.2, 0.25) is 0 Å². The number of hydrogen-bond donors (Lipinski definition) is 1. The fourth-order valence-electron chi connectivity index (χ4n) is 1.47. The van der Waals surface area contributed by atoms with Gasteiger partial charge in [0.1, 0.15) is 0 Å². The molecule has 0 saturated carbocycles. The van der Waals surface area contributed by atoms with E-state index in [4.69, 9.17) is 11.6 Å². The van der Waals surface area contributed by atoms with Gasteiger partial charge in [0, 0.05) is 17.7 Å². The van der Waals surface area contributed by atoms with Gasteiger partial charge in [-0.1, -0.05) is 6.42 Å². The molecule has 1 saturated heterocycles. The van der Waals surface area contributed by atoms with Crippen LogP contribution >= 0.6 is 23.4 Å². The lowest BCUT2D eigenvalue weighted by Gasteiger charge is -2.25. The Kier molecular flexibility index (Phi) is 5.27. The zero-order chi connectivity index (χ0) is 11.3. The second kappa shape index (κ2) is 6.00. The summed E-state index contributed by atoms with van der Waals surface area (Å²) in [5, 5.41) is 3.60. The predicted molar refractivity (Wildman–Crippen MR) is 67.6 cm³/mol. The monoisotopic (exact) mass is 249 g/mol. The Hall–Kier alpha value is 0.110. The minimum absolute atomic E-state index is 0.0728. The summed E-state index contributed by atoms with van der Waals surface area (Å²) in [5.41, 5.74) is -0.444. The zero-order valence-corrected chi connectivity index (χ0v) is 11.1.